The Hall–Kier alpha value is -0.590. The summed E-state index contributed by atoms with van der Waals surface area (Å²) >= 11 is 0. The Morgan fingerprint density at radius 3 is 2.48 bits per heavy atom. The van der Waals surface area contributed by atoms with Crippen LogP contribution in [-0.2, 0) is 0 Å². The third kappa shape index (κ3) is 6.36. The van der Waals surface area contributed by atoms with Crippen LogP contribution >= 0.6 is 0 Å². The van der Waals surface area contributed by atoms with Crippen LogP contribution in [0.15, 0.2) is 0 Å². The largest absolute Gasteiger partial charge is 0.303 e. The van der Waals surface area contributed by atoms with E-state index in [0.29, 0.717) is 5.41 Å². The molecule has 122 valence electrons. The average Bonchev–Trinajstić information content (AvgIpc) is 2.64. The molecule has 0 aromatic rings. The van der Waals surface area contributed by atoms with Crippen molar-refractivity contribution in [3.63, 3.8) is 0 Å². The highest BCUT2D eigenvalue weighted by molar-refractivity contribution is 5.03. The minimum Gasteiger partial charge on any atom is -0.303 e. The first-order chi connectivity index (χ1) is 9.80. The van der Waals surface area contributed by atoms with Crippen LogP contribution in [-0.4, -0.2) is 36.6 Å². The lowest BCUT2D eigenvalue weighted by Crippen LogP contribution is -2.41. The maximum atomic E-state index is 9.30. The number of rotatable bonds is 6. The molecule has 0 aromatic carbocycles. The van der Waals surface area contributed by atoms with E-state index in [1.165, 1.54) is 32.4 Å². The minimum absolute atomic E-state index is 0.353. The van der Waals surface area contributed by atoms with Gasteiger partial charge in [-0.1, -0.05) is 27.7 Å². The number of likely N-dealkylation sites (tertiary alicyclic amines) is 1. The van der Waals surface area contributed by atoms with Gasteiger partial charge in [-0.05, 0) is 76.5 Å². The van der Waals surface area contributed by atoms with Crippen LogP contribution in [0.5, 0.6) is 0 Å². The number of hydrogen-bond donors (Lipinski definition) is 1. The molecule has 2 atom stereocenters. The first kappa shape index (κ1) is 18.5. The predicted molar refractivity (Wildman–Crippen MR) is 90.2 cm³/mol. The first-order valence-electron chi connectivity index (χ1n) is 8.69. The highest BCUT2D eigenvalue weighted by Crippen LogP contribution is 2.34. The summed E-state index contributed by atoms with van der Waals surface area (Å²) in [4.78, 5) is 2.61. The lowest BCUT2D eigenvalue weighted by Gasteiger charge is -2.30. The number of nitrogens with zero attached hydrogens (tertiary/aromatic N) is 2. The Morgan fingerprint density at radius 1 is 1.19 bits per heavy atom. The van der Waals surface area contributed by atoms with Crippen molar-refractivity contribution in [3.8, 4) is 6.07 Å². The highest BCUT2D eigenvalue weighted by Gasteiger charge is 2.27. The van der Waals surface area contributed by atoms with E-state index >= 15 is 0 Å². The molecule has 21 heavy (non-hydrogen) atoms. The van der Waals surface area contributed by atoms with Crippen molar-refractivity contribution in [2.45, 2.75) is 72.3 Å². The lowest BCUT2D eigenvalue weighted by molar-refractivity contribution is 0.206. The van der Waals surface area contributed by atoms with Crippen LogP contribution in [0.3, 0.4) is 0 Å². The molecule has 1 heterocycles. The Kier molecular flexibility index (Phi) is 7.16. The molecule has 1 fully saturated rings. The second-order valence-corrected chi connectivity index (χ2v) is 7.91. The summed E-state index contributed by atoms with van der Waals surface area (Å²) in [7, 11) is 0. The third-order valence-corrected chi connectivity index (χ3v) is 5.01. The van der Waals surface area contributed by atoms with Gasteiger partial charge < -0.3 is 4.90 Å². The lowest BCUT2D eigenvalue weighted by atomic mass is 9.77. The van der Waals surface area contributed by atoms with E-state index in [1.54, 1.807) is 0 Å². The standard InChI is InChI=1S/C18H35N3/c1-6-20-18(5,15-19)11-8-13-21-12-7-9-16(10-14-21)17(2,3)4/h16,20H,6-14H2,1-5H3. The molecule has 3 heteroatoms. The van der Waals surface area contributed by atoms with E-state index < -0.39 is 0 Å². The molecule has 0 aromatic heterocycles. The summed E-state index contributed by atoms with van der Waals surface area (Å²) in [6.07, 6.45) is 6.07. The summed E-state index contributed by atoms with van der Waals surface area (Å²) in [5.41, 5.74) is 0.0922. The van der Waals surface area contributed by atoms with E-state index in [0.717, 1.165) is 31.8 Å². The van der Waals surface area contributed by atoms with Gasteiger partial charge in [-0.2, -0.15) is 5.26 Å². The van der Waals surface area contributed by atoms with Gasteiger partial charge >= 0.3 is 0 Å². The zero-order chi connectivity index (χ0) is 15.9. The minimum atomic E-state index is -0.353. The van der Waals surface area contributed by atoms with E-state index in [4.69, 9.17) is 0 Å². The van der Waals surface area contributed by atoms with E-state index in [-0.39, 0.29) is 5.54 Å². The molecule has 1 saturated heterocycles. The van der Waals surface area contributed by atoms with E-state index in [2.05, 4.69) is 44.0 Å². The van der Waals surface area contributed by atoms with Gasteiger partial charge in [0.05, 0.1) is 6.07 Å². The number of nitrogens with one attached hydrogen (secondary N) is 1. The molecule has 1 rings (SSSR count). The maximum Gasteiger partial charge on any atom is 0.103 e. The molecule has 1 N–H and O–H groups in total. The molecule has 1 aliphatic rings. The van der Waals surface area contributed by atoms with Crippen molar-refractivity contribution in [1.82, 2.24) is 10.2 Å². The first-order valence-corrected chi connectivity index (χ1v) is 8.69. The zero-order valence-corrected chi connectivity index (χ0v) is 14.8. The van der Waals surface area contributed by atoms with E-state index in [9.17, 15) is 5.26 Å². The Labute approximate surface area is 132 Å². The average molecular weight is 293 g/mol. The fourth-order valence-electron chi connectivity index (χ4n) is 3.48. The summed E-state index contributed by atoms with van der Waals surface area (Å²) in [6, 6.07) is 2.43. The van der Waals surface area contributed by atoms with Gasteiger partial charge in [-0.15, -0.1) is 0 Å². The van der Waals surface area contributed by atoms with Crippen LogP contribution in [0.2, 0.25) is 0 Å². The third-order valence-electron chi connectivity index (χ3n) is 5.01. The quantitative estimate of drug-likeness (QED) is 0.809. The van der Waals surface area contributed by atoms with Gasteiger partial charge in [0, 0.05) is 0 Å². The van der Waals surface area contributed by atoms with Gasteiger partial charge in [-0.3, -0.25) is 5.32 Å². The smallest absolute Gasteiger partial charge is 0.103 e. The molecule has 0 saturated carbocycles. The second-order valence-electron chi connectivity index (χ2n) is 7.91. The normalized spacial score (nSPS) is 24.1. The SMILES string of the molecule is CCNC(C)(C#N)CCCN1CCCC(C(C)(C)C)CC1. The summed E-state index contributed by atoms with van der Waals surface area (Å²) in [5, 5.41) is 12.6. The van der Waals surface area contributed by atoms with Gasteiger partial charge in [0.15, 0.2) is 0 Å². The van der Waals surface area contributed by atoms with Crippen molar-refractivity contribution in [3.05, 3.63) is 0 Å². The van der Waals surface area contributed by atoms with Gasteiger partial charge in [0.2, 0.25) is 0 Å². The molecular weight excluding hydrogens is 258 g/mol. The van der Waals surface area contributed by atoms with Crippen LogP contribution in [0.25, 0.3) is 0 Å². The summed E-state index contributed by atoms with van der Waals surface area (Å²) in [6.45, 7) is 15.7. The molecule has 0 aliphatic carbocycles. The highest BCUT2D eigenvalue weighted by atomic mass is 15.1. The molecule has 0 bridgehead atoms. The Morgan fingerprint density at radius 2 is 1.90 bits per heavy atom. The predicted octanol–water partition coefficient (Wildman–Crippen LogP) is 3.81. The molecular formula is C18H35N3. The van der Waals surface area contributed by atoms with Crippen molar-refractivity contribution in [2.24, 2.45) is 11.3 Å². The van der Waals surface area contributed by atoms with E-state index in [1.807, 2.05) is 6.92 Å². The summed E-state index contributed by atoms with van der Waals surface area (Å²) in [5.74, 6) is 0.855. The van der Waals surface area contributed by atoms with Crippen LogP contribution in [0.4, 0.5) is 0 Å². The van der Waals surface area contributed by atoms with Crippen molar-refractivity contribution < 1.29 is 0 Å². The van der Waals surface area contributed by atoms with Gasteiger partial charge in [0.25, 0.3) is 0 Å². The van der Waals surface area contributed by atoms with Crippen LogP contribution in [0.1, 0.15) is 66.7 Å². The van der Waals surface area contributed by atoms with Crippen LogP contribution < -0.4 is 5.32 Å². The topological polar surface area (TPSA) is 39.1 Å². The Bertz CT molecular complexity index is 339. The fourth-order valence-corrected chi connectivity index (χ4v) is 3.48. The molecule has 0 spiro atoms. The van der Waals surface area contributed by atoms with Crippen molar-refractivity contribution in [1.29, 1.82) is 5.26 Å². The van der Waals surface area contributed by atoms with Gasteiger partial charge in [-0.25, -0.2) is 0 Å². The molecule has 0 amide bonds. The second kappa shape index (κ2) is 8.15. The van der Waals surface area contributed by atoms with Crippen molar-refractivity contribution in [2.75, 3.05) is 26.2 Å². The zero-order valence-electron chi connectivity index (χ0n) is 14.8. The summed E-state index contributed by atoms with van der Waals surface area (Å²) < 4.78 is 0. The number of nitriles is 1. The molecule has 1 aliphatic heterocycles. The molecule has 3 nitrogen and oxygen atoms in total. The monoisotopic (exact) mass is 293 g/mol. The maximum absolute atomic E-state index is 9.30. The number of hydrogen-bond acceptors (Lipinski definition) is 3. The van der Waals surface area contributed by atoms with Gasteiger partial charge in [0.1, 0.15) is 5.54 Å². The molecule has 2 unspecified atom stereocenters. The molecule has 0 radical (unpaired) electrons. The Balaban J connectivity index is 2.35. The fraction of sp³-hybridized carbons (Fsp3) is 0.944. The van der Waals surface area contributed by atoms with Crippen molar-refractivity contribution >= 4 is 0 Å². The van der Waals surface area contributed by atoms with Crippen LogP contribution in [0, 0.1) is 22.7 Å².